The number of hydrogen-bond donors (Lipinski definition) is 1. The van der Waals surface area contributed by atoms with Crippen LogP contribution in [0, 0.1) is 11.3 Å². The number of rotatable bonds is 5. The zero-order chi connectivity index (χ0) is 15.3. The molecule has 0 aromatic heterocycles. The molecule has 0 aromatic carbocycles. The van der Waals surface area contributed by atoms with Gasteiger partial charge in [0.1, 0.15) is 0 Å². The Balaban J connectivity index is 2.03. The first-order valence-electron chi connectivity index (χ1n) is 9.48. The summed E-state index contributed by atoms with van der Waals surface area (Å²) in [5.41, 5.74) is 0.528. The molecule has 2 heteroatoms. The zero-order valence-corrected chi connectivity index (χ0v) is 15.0. The number of nitrogens with zero attached hydrogens (tertiary/aromatic N) is 1. The highest BCUT2D eigenvalue weighted by Gasteiger charge is 2.37. The zero-order valence-electron chi connectivity index (χ0n) is 15.0. The average molecular weight is 295 g/mol. The third-order valence-corrected chi connectivity index (χ3v) is 5.80. The first kappa shape index (κ1) is 17.3. The largest absolute Gasteiger partial charge is 0.314 e. The van der Waals surface area contributed by atoms with E-state index in [2.05, 4.69) is 37.9 Å². The van der Waals surface area contributed by atoms with E-state index in [0.717, 1.165) is 12.0 Å². The van der Waals surface area contributed by atoms with Crippen molar-refractivity contribution in [3.8, 4) is 0 Å². The maximum absolute atomic E-state index is 3.77. The van der Waals surface area contributed by atoms with Crippen LogP contribution in [0.3, 0.4) is 0 Å². The molecule has 1 saturated heterocycles. The highest BCUT2D eigenvalue weighted by molar-refractivity contribution is 4.91. The quantitative estimate of drug-likeness (QED) is 0.806. The minimum atomic E-state index is 0.528. The molecule has 0 amide bonds. The van der Waals surface area contributed by atoms with E-state index in [4.69, 9.17) is 0 Å². The molecule has 1 saturated carbocycles. The van der Waals surface area contributed by atoms with Crippen molar-refractivity contribution >= 4 is 0 Å². The van der Waals surface area contributed by atoms with Crippen molar-refractivity contribution in [1.29, 1.82) is 0 Å². The maximum atomic E-state index is 3.77. The van der Waals surface area contributed by atoms with Crippen molar-refractivity contribution in [2.75, 3.05) is 19.6 Å². The Morgan fingerprint density at radius 3 is 2.62 bits per heavy atom. The van der Waals surface area contributed by atoms with Crippen LogP contribution >= 0.6 is 0 Å². The van der Waals surface area contributed by atoms with Crippen molar-refractivity contribution in [1.82, 2.24) is 10.2 Å². The van der Waals surface area contributed by atoms with Gasteiger partial charge in [-0.15, -0.1) is 0 Å². The molecular formula is C19H38N2. The van der Waals surface area contributed by atoms with Crippen LogP contribution in [0.1, 0.15) is 79.1 Å². The molecule has 2 aliphatic rings. The molecule has 0 radical (unpaired) electrons. The molecule has 2 nitrogen and oxygen atoms in total. The van der Waals surface area contributed by atoms with Gasteiger partial charge >= 0.3 is 0 Å². The summed E-state index contributed by atoms with van der Waals surface area (Å²) >= 11 is 0. The second-order valence-corrected chi connectivity index (χ2v) is 8.41. The second kappa shape index (κ2) is 7.97. The van der Waals surface area contributed by atoms with E-state index in [1.807, 2.05) is 0 Å². The summed E-state index contributed by atoms with van der Waals surface area (Å²) in [6.45, 7) is 13.4. The van der Waals surface area contributed by atoms with E-state index < -0.39 is 0 Å². The van der Waals surface area contributed by atoms with E-state index >= 15 is 0 Å². The maximum Gasteiger partial charge on any atom is 0.00671 e. The molecule has 1 aliphatic carbocycles. The molecular weight excluding hydrogens is 256 g/mol. The van der Waals surface area contributed by atoms with Crippen LogP contribution in [0.5, 0.6) is 0 Å². The number of nitrogens with one attached hydrogen (secondary N) is 1. The molecule has 124 valence electrons. The third kappa shape index (κ3) is 5.25. The van der Waals surface area contributed by atoms with Gasteiger partial charge < -0.3 is 10.2 Å². The van der Waals surface area contributed by atoms with Crippen LogP contribution < -0.4 is 5.32 Å². The topological polar surface area (TPSA) is 15.3 Å². The minimum Gasteiger partial charge on any atom is -0.314 e. The average Bonchev–Trinajstić information content (AvgIpc) is 2.62. The Labute approximate surface area is 133 Å². The smallest absolute Gasteiger partial charge is 0.00671 e. The fraction of sp³-hybridized carbons (Fsp3) is 1.00. The van der Waals surface area contributed by atoms with Crippen LogP contribution in [0.4, 0.5) is 0 Å². The number of hydrogen-bond acceptors (Lipinski definition) is 2. The Hall–Kier alpha value is -0.0800. The first-order chi connectivity index (χ1) is 10.0. The Morgan fingerprint density at radius 2 is 1.90 bits per heavy atom. The molecule has 2 fully saturated rings. The van der Waals surface area contributed by atoms with E-state index in [1.165, 1.54) is 71.0 Å². The fourth-order valence-electron chi connectivity index (χ4n) is 4.55. The molecule has 3 atom stereocenters. The van der Waals surface area contributed by atoms with Crippen molar-refractivity contribution in [3.63, 3.8) is 0 Å². The predicted molar refractivity (Wildman–Crippen MR) is 92.7 cm³/mol. The van der Waals surface area contributed by atoms with Gasteiger partial charge in [0, 0.05) is 25.2 Å². The van der Waals surface area contributed by atoms with Gasteiger partial charge in [0.25, 0.3) is 0 Å². The summed E-state index contributed by atoms with van der Waals surface area (Å²) in [4.78, 5) is 2.83. The van der Waals surface area contributed by atoms with Gasteiger partial charge in [-0.2, -0.15) is 0 Å². The molecule has 1 aliphatic heterocycles. The Morgan fingerprint density at radius 1 is 1.10 bits per heavy atom. The lowest BCUT2D eigenvalue weighted by molar-refractivity contribution is 0.0611. The monoisotopic (exact) mass is 294 g/mol. The van der Waals surface area contributed by atoms with Gasteiger partial charge in [-0.05, 0) is 50.5 Å². The lowest BCUT2D eigenvalue weighted by atomic mass is 9.69. The Kier molecular flexibility index (Phi) is 6.55. The lowest BCUT2D eigenvalue weighted by Gasteiger charge is -2.45. The number of likely N-dealkylation sites (tertiary alicyclic amines) is 1. The summed E-state index contributed by atoms with van der Waals surface area (Å²) in [5.74, 6) is 0.912. The van der Waals surface area contributed by atoms with Crippen molar-refractivity contribution in [2.24, 2.45) is 11.3 Å². The highest BCUT2D eigenvalue weighted by atomic mass is 15.2. The Bertz CT molecular complexity index is 302. The van der Waals surface area contributed by atoms with Crippen LogP contribution in [-0.2, 0) is 0 Å². The van der Waals surface area contributed by atoms with Gasteiger partial charge in [-0.3, -0.25) is 0 Å². The molecule has 0 spiro atoms. The standard InChI is InChI=1S/C19H38N2/c1-16(2)20-14-19(11-8-9-17(3)13-19)15-21-12-7-5-6-10-18(21)4/h16-18,20H,5-15H2,1-4H3. The van der Waals surface area contributed by atoms with Crippen LogP contribution in [0.2, 0.25) is 0 Å². The first-order valence-corrected chi connectivity index (χ1v) is 9.48. The molecule has 21 heavy (non-hydrogen) atoms. The van der Waals surface area contributed by atoms with E-state index in [0.29, 0.717) is 11.5 Å². The molecule has 2 rings (SSSR count). The van der Waals surface area contributed by atoms with Crippen molar-refractivity contribution < 1.29 is 0 Å². The highest BCUT2D eigenvalue weighted by Crippen LogP contribution is 2.40. The summed E-state index contributed by atoms with van der Waals surface area (Å²) in [5, 5.41) is 3.77. The van der Waals surface area contributed by atoms with E-state index in [9.17, 15) is 0 Å². The summed E-state index contributed by atoms with van der Waals surface area (Å²) in [7, 11) is 0. The van der Waals surface area contributed by atoms with Crippen LogP contribution in [0.15, 0.2) is 0 Å². The van der Waals surface area contributed by atoms with Gasteiger partial charge in [-0.25, -0.2) is 0 Å². The second-order valence-electron chi connectivity index (χ2n) is 8.41. The summed E-state index contributed by atoms with van der Waals surface area (Å²) < 4.78 is 0. The van der Waals surface area contributed by atoms with Gasteiger partial charge in [0.15, 0.2) is 0 Å². The lowest BCUT2D eigenvalue weighted by Crippen LogP contribution is -2.49. The molecule has 0 bridgehead atoms. The molecule has 1 heterocycles. The van der Waals surface area contributed by atoms with E-state index in [-0.39, 0.29) is 0 Å². The van der Waals surface area contributed by atoms with Crippen molar-refractivity contribution in [3.05, 3.63) is 0 Å². The normalized spacial score (nSPS) is 35.9. The fourth-order valence-corrected chi connectivity index (χ4v) is 4.55. The summed E-state index contributed by atoms with van der Waals surface area (Å²) in [6, 6.07) is 1.40. The molecule has 1 N–H and O–H groups in total. The minimum absolute atomic E-state index is 0.528. The van der Waals surface area contributed by atoms with Crippen LogP contribution in [-0.4, -0.2) is 36.6 Å². The van der Waals surface area contributed by atoms with Gasteiger partial charge in [-0.1, -0.05) is 46.5 Å². The van der Waals surface area contributed by atoms with Crippen molar-refractivity contribution in [2.45, 2.75) is 91.1 Å². The molecule has 0 aromatic rings. The van der Waals surface area contributed by atoms with Gasteiger partial charge in [0.05, 0.1) is 0 Å². The third-order valence-electron chi connectivity index (χ3n) is 5.80. The predicted octanol–water partition coefficient (Wildman–Crippen LogP) is 4.45. The van der Waals surface area contributed by atoms with Crippen LogP contribution in [0.25, 0.3) is 0 Å². The SMILES string of the molecule is CC1CCCC(CNC(C)C)(CN2CCCCCC2C)C1. The molecule has 3 unspecified atom stereocenters. The van der Waals surface area contributed by atoms with Gasteiger partial charge in [0.2, 0.25) is 0 Å². The summed E-state index contributed by atoms with van der Waals surface area (Å²) in [6.07, 6.45) is 11.4. The van der Waals surface area contributed by atoms with E-state index in [1.54, 1.807) is 0 Å².